The standard InChI is InChI=1S/C17H21N3O5S2/c1-3-19(13-6-8-27(24,25)11-13)15(21)10-20-16(22)14(26-17(20)23)9-12-5-4-7-18(12)2/h4-5,7,9,13H,3,6,8,10-11H2,1-2H3. The van der Waals surface area contributed by atoms with E-state index in [2.05, 4.69) is 0 Å². The quantitative estimate of drug-likeness (QED) is 0.673. The Hall–Kier alpha value is -2.07. The van der Waals surface area contributed by atoms with Crippen LogP contribution in [0.3, 0.4) is 0 Å². The van der Waals surface area contributed by atoms with Crippen molar-refractivity contribution in [1.82, 2.24) is 14.4 Å². The van der Waals surface area contributed by atoms with Crippen molar-refractivity contribution in [2.75, 3.05) is 24.6 Å². The largest absolute Gasteiger partial charge is 0.351 e. The molecule has 0 aromatic carbocycles. The van der Waals surface area contributed by atoms with Crippen LogP contribution < -0.4 is 0 Å². The van der Waals surface area contributed by atoms with E-state index in [1.807, 2.05) is 29.9 Å². The van der Waals surface area contributed by atoms with Crippen molar-refractivity contribution in [3.63, 3.8) is 0 Å². The number of likely N-dealkylation sites (N-methyl/N-ethyl adjacent to an activating group) is 1. The molecular formula is C17H21N3O5S2. The fourth-order valence-corrected chi connectivity index (χ4v) is 5.83. The van der Waals surface area contributed by atoms with Gasteiger partial charge in [-0.3, -0.25) is 19.3 Å². The van der Waals surface area contributed by atoms with Crippen molar-refractivity contribution in [3.05, 3.63) is 28.9 Å². The first kappa shape index (κ1) is 19.7. The minimum Gasteiger partial charge on any atom is -0.351 e. The first-order valence-corrected chi connectivity index (χ1v) is 11.2. The summed E-state index contributed by atoms with van der Waals surface area (Å²) < 4.78 is 25.2. The molecule has 2 aliphatic rings. The third kappa shape index (κ3) is 4.11. The molecule has 1 aromatic heterocycles. The van der Waals surface area contributed by atoms with Crippen molar-refractivity contribution in [1.29, 1.82) is 0 Å². The molecule has 2 fully saturated rings. The average Bonchev–Trinajstić information content (AvgIpc) is 3.23. The number of sulfone groups is 1. The van der Waals surface area contributed by atoms with E-state index in [1.165, 1.54) is 4.90 Å². The molecule has 27 heavy (non-hydrogen) atoms. The fourth-order valence-electron chi connectivity index (χ4n) is 3.28. The van der Waals surface area contributed by atoms with Crippen molar-refractivity contribution < 1.29 is 22.8 Å². The summed E-state index contributed by atoms with van der Waals surface area (Å²) in [5.41, 5.74) is 0.776. The highest BCUT2D eigenvalue weighted by atomic mass is 32.2. The molecule has 0 N–H and O–H groups in total. The van der Waals surface area contributed by atoms with Gasteiger partial charge in [-0.25, -0.2) is 8.42 Å². The maximum atomic E-state index is 12.6. The van der Waals surface area contributed by atoms with Gasteiger partial charge >= 0.3 is 0 Å². The lowest BCUT2D eigenvalue weighted by molar-refractivity contribution is -0.137. The maximum Gasteiger partial charge on any atom is 0.294 e. The van der Waals surface area contributed by atoms with Crippen LogP contribution in [-0.2, 0) is 26.5 Å². The van der Waals surface area contributed by atoms with Crippen molar-refractivity contribution in [3.8, 4) is 0 Å². The Kier molecular flexibility index (Phi) is 5.48. The predicted molar refractivity (Wildman–Crippen MR) is 103 cm³/mol. The number of carbonyl (C=O) groups is 3. The minimum absolute atomic E-state index is 0.0580. The smallest absolute Gasteiger partial charge is 0.294 e. The molecular weight excluding hydrogens is 390 g/mol. The second-order valence-electron chi connectivity index (χ2n) is 6.55. The van der Waals surface area contributed by atoms with Gasteiger partial charge in [-0.1, -0.05) is 0 Å². The zero-order valence-corrected chi connectivity index (χ0v) is 16.8. The lowest BCUT2D eigenvalue weighted by Gasteiger charge is -2.28. The summed E-state index contributed by atoms with van der Waals surface area (Å²) >= 11 is 0.801. The van der Waals surface area contributed by atoms with Gasteiger partial charge in [-0.2, -0.15) is 0 Å². The number of thioether (sulfide) groups is 1. The lowest BCUT2D eigenvalue weighted by Crippen LogP contribution is -2.47. The predicted octanol–water partition coefficient (Wildman–Crippen LogP) is 1.10. The molecule has 10 heteroatoms. The lowest BCUT2D eigenvalue weighted by atomic mass is 10.2. The van der Waals surface area contributed by atoms with Gasteiger partial charge in [0.2, 0.25) is 5.91 Å². The average molecular weight is 412 g/mol. The van der Waals surface area contributed by atoms with Gasteiger partial charge in [0.25, 0.3) is 11.1 Å². The van der Waals surface area contributed by atoms with E-state index in [-0.39, 0.29) is 23.0 Å². The Bertz CT molecular complexity index is 919. The second kappa shape index (κ2) is 7.51. The summed E-state index contributed by atoms with van der Waals surface area (Å²) in [5.74, 6) is -0.929. The highest BCUT2D eigenvalue weighted by Crippen LogP contribution is 2.32. The Balaban J connectivity index is 1.72. The van der Waals surface area contributed by atoms with E-state index in [0.717, 1.165) is 22.4 Å². The summed E-state index contributed by atoms with van der Waals surface area (Å²) in [6.45, 7) is 1.71. The van der Waals surface area contributed by atoms with Crippen LogP contribution in [0.25, 0.3) is 6.08 Å². The number of nitrogens with zero attached hydrogens (tertiary/aromatic N) is 3. The van der Waals surface area contributed by atoms with Crippen molar-refractivity contribution >= 4 is 44.7 Å². The summed E-state index contributed by atoms with van der Waals surface area (Å²) in [6, 6.07) is 3.25. The number of aryl methyl sites for hydroxylation is 1. The van der Waals surface area contributed by atoms with Crippen LogP contribution >= 0.6 is 11.8 Å². The zero-order chi connectivity index (χ0) is 19.8. The monoisotopic (exact) mass is 411 g/mol. The summed E-state index contributed by atoms with van der Waals surface area (Å²) in [7, 11) is -1.30. The van der Waals surface area contributed by atoms with Gasteiger partial charge < -0.3 is 9.47 Å². The van der Waals surface area contributed by atoms with Gasteiger partial charge in [0.1, 0.15) is 6.54 Å². The molecule has 0 saturated carbocycles. The number of amides is 3. The molecule has 1 unspecified atom stereocenters. The summed E-state index contributed by atoms with van der Waals surface area (Å²) in [5, 5.41) is -0.496. The van der Waals surface area contributed by atoms with Crippen molar-refractivity contribution in [2.24, 2.45) is 7.05 Å². The van der Waals surface area contributed by atoms with E-state index >= 15 is 0 Å². The van der Waals surface area contributed by atoms with Crippen LogP contribution in [0.2, 0.25) is 0 Å². The van der Waals surface area contributed by atoms with Crippen LogP contribution in [0.5, 0.6) is 0 Å². The molecule has 2 aliphatic heterocycles. The normalized spacial score (nSPS) is 23.4. The third-order valence-corrected chi connectivity index (χ3v) is 7.40. The second-order valence-corrected chi connectivity index (χ2v) is 9.77. The minimum atomic E-state index is -3.13. The first-order valence-electron chi connectivity index (χ1n) is 8.58. The molecule has 8 nitrogen and oxygen atoms in total. The van der Waals surface area contributed by atoms with E-state index in [4.69, 9.17) is 0 Å². The molecule has 1 aromatic rings. The number of carbonyl (C=O) groups excluding carboxylic acids is 3. The Morgan fingerprint density at radius 3 is 2.70 bits per heavy atom. The molecule has 0 radical (unpaired) electrons. The van der Waals surface area contributed by atoms with Gasteiger partial charge in [0.05, 0.1) is 16.4 Å². The third-order valence-electron chi connectivity index (χ3n) is 4.74. The number of hydrogen-bond acceptors (Lipinski definition) is 6. The number of hydrogen-bond donors (Lipinski definition) is 0. The van der Waals surface area contributed by atoms with Gasteiger partial charge in [-0.15, -0.1) is 0 Å². The van der Waals surface area contributed by atoms with E-state index in [0.29, 0.717) is 13.0 Å². The van der Waals surface area contributed by atoms with E-state index < -0.39 is 32.9 Å². The maximum absolute atomic E-state index is 12.6. The van der Waals surface area contributed by atoms with Gasteiger partial charge in [-0.05, 0) is 43.3 Å². The molecule has 1 atom stereocenters. The Labute approximate surface area is 162 Å². The molecule has 0 bridgehead atoms. The highest BCUT2D eigenvalue weighted by molar-refractivity contribution is 8.18. The molecule has 146 valence electrons. The molecule has 3 rings (SSSR count). The van der Waals surface area contributed by atoms with E-state index in [1.54, 1.807) is 13.0 Å². The van der Waals surface area contributed by atoms with Crippen molar-refractivity contribution in [2.45, 2.75) is 19.4 Å². The van der Waals surface area contributed by atoms with E-state index in [9.17, 15) is 22.8 Å². The van der Waals surface area contributed by atoms with Crippen LogP contribution in [0.1, 0.15) is 19.0 Å². The summed E-state index contributed by atoms with van der Waals surface area (Å²) in [6.07, 6.45) is 3.84. The number of imide groups is 1. The fraction of sp³-hybridized carbons (Fsp3) is 0.471. The van der Waals surface area contributed by atoms with Crippen LogP contribution in [0.4, 0.5) is 4.79 Å². The Morgan fingerprint density at radius 1 is 1.41 bits per heavy atom. The zero-order valence-electron chi connectivity index (χ0n) is 15.1. The number of rotatable bonds is 5. The Morgan fingerprint density at radius 2 is 2.15 bits per heavy atom. The van der Waals surface area contributed by atoms with Crippen LogP contribution in [0.15, 0.2) is 23.2 Å². The van der Waals surface area contributed by atoms with Gasteiger partial charge in [0, 0.05) is 31.5 Å². The number of aromatic nitrogens is 1. The van der Waals surface area contributed by atoms with Crippen LogP contribution in [-0.4, -0.2) is 70.5 Å². The molecule has 2 saturated heterocycles. The summed E-state index contributed by atoms with van der Waals surface area (Å²) in [4.78, 5) is 40.1. The molecule has 3 amide bonds. The SMILES string of the molecule is CCN(C(=O)CN1C(=O)SC(=Cc2cccn2C)C1=O)C1CCS(=O)(=O)C1. The highest BCUT2D eigenvalue weighted by Gasteiger charge is 2.39. The molecule has 0 aliphatic carbocycles. The van der Waals surface area contributed by atoms with Crippen LogP contribution in [0, 0.1) is 0 Å². The molecule has 3 heterocycles. The molecule has 0 spiro atoms. The first-order chi connectivity index (χ1) is 12.7. The topological polar surface area (TPSA) is 96.8 Å². The van der Waals surface area contributed by atoms with Gasteiger partial charge in [0.15, 0.2) is 9.84 Å².